The van der Waals surface area contributed by atoms with Gasteiger partial charge in [0.2, 0.25) is 10.0 Å². The highest BCUT2D eigenvalue weighted by Crippen LogP contribution is 2.34. The molecule has 10 heteroatoms. The lowest BCUT2D eigenvalue weighted by Gasteiger charge is -2.23. The third kappa shape index (κ3) is 5.34. The molecule has 144 valence electrons. The number of nitrogens with zero attached hydrogens (tertiary/aromatic N) is 1. The lowest BCUT2D eigenvalue weighted by atomic mass is 10.2. The predicted molar refractivity (Wildman–Crippen MR) is 96.8 cm³/mol. The van der Waals surface area contributed by atoms with Gasteiger partial charge in [-0.1, -0.05) is 41.9 Å². The van der Waals surface area contributed by atoms with Crippen molar-refractivity contribution in [3.8, 4) is 0 Å². The first-order valence-corrected chi connectivity index (χ1v) is 9.09. The van der Waals surface area contributed by atoms with E-state index in [2.05, 4.69) is 0 Å². The molecule has 0 unspecified atom stereocenters. The lowest BCUT2D eigenvalue weighted by molar-refractivity contribution is -0.137. The lowest BCUT2D eigenvalue weighted by Crippen LogP contribution is -2.35. The highest BCUT2D eigenvalue weighted by Gasteiger charge is 2.34. The number of alkyl halides is 3. The summed E-state index contributed by atoms with van der Waals surface area (Å²) in [5, 5.41) is -0.275. The SMILES string of the molecule is Cl.NCCN(Cc1ccccc1)S(=O)(=O)c1cc(C(F)(F)F)ccc1Cl. The van der Waals surface area contributed by atoms with Gasteiger partial charge in [-0.25, -0.2) is 8.42 Å². The van der Waals surface area contributed by atoms with Gasteiger partial charge in [0.25, 0.3) is 0 Å². The Labute approximate surface area is 161 Å². The molecule has 0 amide bonds. The van der Waals surface area contributed by atoms with Gasteiger partial charge in [0.05, 0.1) is 10.6 Å². The maximum atomic E-state index is 12.9. The quantitative estimate of drug-likeness (QED) is 0.757. The molecule has 0 saturated carbocycles. The Bertz CT molecular complexity index is 831. The number of hydrogen-bond acceptors (Lipinski definition) is 3. The second-order valence-corrected chi connectivity index (χ2v) is 7.57. The van der Waals surface area contributed by atoms with Crippen LogP contribution in [0.3, 0.4) is 0 Å². The van der Waals surface area contributed by atoms with E-state index in [1.807, 2.05) is 0 Å². The van der Waals surface area contributed by atoms with Crippen LogP contribution in [0.15, 0.2) is 53.4 Å². The molecule has 0 aliphatic rings. The summed E-state index contributed by atoms with van der Waals surface area (Å²) in [6.45, 7) is -0.0562. The molecule has 2 N–H and O–H groups in total. The van der Waals surface area contributed by atoms with Crippen molar-refractivity contribution >= 4 is 34.0 Å². The minimum atomic E-state index is -4.67. The molecule has 2 rings (SSSR count). The fraction of sp³-hybridized carbons (Fsp3) is 0.250. The number of hydrogen-bond donors (Lipinski definition) is 1. The summed E-state index contributed by atoms with van der Waals surface area (Å²) in [4.78, 5) is -0.589. The fourth-order valence-electron chi connectivity index (χ4n) is 2.23. The summed E-state index contributed by atoms with van der Waals surface area (Å²) < 4.78 is 65.4. The number of nitrogens with two attached hydrogens (primary N) is 1. The second kappa shape index (κ2) is 9.05. The molecule has 0 bridgehead atoms. The maximum Gasteiger partial charge on any atom is 0.416 e. The zero-order valence-electron chi connectivity index (χ0n) is 13.4. The molecular weight excluding hydrogens is 412 g/mol. The van der Waals surface area contributed by atoms with E-state index in [1.165, 1.54) is 0 Å². The van der Waals surface area contributed by atoms with Crippen LogP contribution in [0.25, 0.3) is 0 Å². The van der Waals surface area contributed by atoms with Crippen molar-refractivity contribution in [2.75, 3.05) is 13.1 Å². The van der Waals surface area contributed by atoms with E-state index in [4.69, 9.17) is 17.3 Å². The summed E-state index contributed by atoms with van der Waals surface area (Å²) in [5.41, 5.74) is 5.08. The number of benzene rings is 2. The van der Waals surface area contributed by atoms with Crippen LogP contribution in [0.5, 0.6) is 0 Å². The Hall–Kier alpha value is -1.32. The van der Waals surface area contributed by atoms with Crippen LogP contribution in [0.4, 0.5) is 13.2 Å². The molecule has 0 heterocycles. The van der Waals surface area contributed by atoms with Crippen LogP contribution in [-0.2, 0) is 22.7 Å². The van der Waals surface area contributed by atoms with E-state index >= 15 is 0 Å². The van der Waals surface area contributed by atoms with Crippen LogP contribution < -0.4 is 5.73 Å². The Morgan fingerprint density at radius 2 is 1.69 bits per heavy atom. The highest BCUT2D eigenvalue weighted by atomic mass is 35.5. The zero-order chi connectivity index (χ0) is 18.7. The third-order valence-corrected chi connectivity index (χ3v) is 5.78. The first-order valence-electron chi connectivity index (χ1n) is 7.27. The van der Waals surface area contributed by atoms with Crippen LogP contribution in [0.2, 0.25) is 5.02 Å². The molecule has 4 nitrogen and oxygen atoms in total. The Morgan fingerprint density at radius 3 is 2.23 bits per heavy atom. The average Bonchev–Trinajstić information content (AvgIpc) is 2.54. The van der Waals surface area contributed by atoms with Crippen LogP contribution in [-0.4, -0.2) is 25.8 Å². The largest absolute Gasteiger partial charge is 0.416 e. The number of rotatable bonds is 6. The number of halogens is 5. The fourth-order valence-corrected chi connectivity index (χ4v) is 4.18. The monoisotopic (exact) mass is 428 g/mol. The summed E-state index contributed by atoms with van der Waals surface area (Å²) >= 11 is 5.87. The summed E-state index contributed by atoms with van der Waals surface area (Å²) in [6.07, 6.45) is -4.67. The van der Waals surface area contributed by atoms with E-state index in [0.717, 1.165) is 16.4 Å². The van der Waals surface area contributed by atoms with E-state index in [9.17, 15) is 21.6 Å². The molecule has 2 aromatic carbocycles. The molecule has 0 radical (unpaired) electrons. The zero-order valence-corrected chi connectivity index (χ0v) is 15.8. The molecular formula is C16H17Cl2F3N2O2S. The Kier molecular flexibility index (Phi) is 7.91. The van der Waals surface area contributed by atoms with Gasteiger partial charge in [0.1, 0.15) is 4.90 Å². The molecule has 0 aliphatic carbocycles. The summed E-state index contributed by atoms with van der Waals surface area (Å²) in [5.74, 6) is 0. The summed E-state index contributed by atoms with van der Waals surface area (Å²) in [7, 11) is -4.25. The third-order valence-electron chi connectivity index (χ3n) is 3.46. The molecule has 0 saturated heterocycles. The van der Waals surface area contributed by atoms with Gasteiger partial charge in [0.15, 0.2) is 0 Å². The minimum Gasteiger partial charge on any atom is -0.329 e. The van der Waals surface area contributed by atoms with Crippen LogP contribution >= 0.6 is 24.0 Å². The average molecular weight is 429 g/mol. The van der Waals surface area contributed by atoms with E-state index in [1.54, 1.807) is 30.3 Å². The van der Waals surface area contributed by atoms with Crippen molar-refractivity contribution in [1.29, 1.82) is 0 Å². The molecule has 0 aromatic heterocycles. The van der Waals surface area contributed by atoms with Gasteiger partial charge in [-0.15, -0.1) is 12.4 Å². The van der Waals surface area contributed by atoms with Gasteiger partial charge < -0.3 is 5.73 Å². The van der Waals surface area contributed by atoms with Gasteiger partial charge in [-0.05, 0) is 23.8 Å². The molecule has 0 atom stereocenters. The van der Waals surface area contributed by atoms with Gasteiger partial charge in [-0.2, -0.15) is 17.5 Å². The van der Waals surface area contributed by atoms with Crippen molar-refractivity contribution < 1.29 is 21.6 Å². The smallest absolute Gasteiger partial charge is 0.329 e. The van der Waals surface area contributed by atoms with Crippen molar-refractivity contribution in [3.63, 3.8) is 0 Å². The van der Waals surface area contributed by atoms with Crippen LogP contribution in [0, 0.1) is 0 Å². The van der Waals surface area contributed by atoms with Crippen molar-refractivity contribution in [2.45, 2.75) is 17.6 Å². The Balaban J connectivity index is 0.00000338. The molecule has 0 fully saturated rings. The molecule has 2 aromatic rings. The standard InChI is InChI=1S/C16H16ClF3N2O2S.ClH/c17-14-7-6-13(16(18,19)20)10-15(14)25(23,24)22(9-8-21)11-12-4-2-1-3-5-12;/h1-7,10H,8-9,11,21H2;1H. The Morgan fingerprint density at radius 1 is 1.08 bits per heavy atom. The second-order valence-electron chi connectivity index (χ2n) is 5.26. The molecule has 0 spiro atoms. The number of sulfonamides is 1. The van der Waals surface area contributed by atoms with Gasteiger partial charge in [0, 0.05) is 19.6 Å². The van der Waals surface area contributed by atoms with E-state index < -0.39 is 26.7 Å². The van der Waals surface area contributed by atoms with Crippen molar-refractivity contribution in [2.24, 2.45) is 5.73 Å². The van der Waals surface area contributed by atoms with E-state index in [-0.39, 0.29) is 37.1 Å². The normalized spacial score (nSPS) is 12.1. The van der Waals surface area contributed by atoms with Crippen molar-refractivity contribution in [1.82, 2.24) is 4.31 Å². The molecule has 0 aliphatic heterocycles. The van der Waals surface area contributed by atoms with Gasteiger partial charge in [-0.3, -0.25) is 0 Å². The summed E-state index contributed by atoms with van der Waals surface area (Å²) in [6, 6.07) is 10.9. The topological polar surface area (TPSA) is 63.4 Å². The first-order chi connectivity index (χ1) is 11.7. The van der Waals surface area contributed by atoms with Crippen LogP contribution in [0.1, 0.15) is 11.1 Å². The highest BCUT2D eigenvalue weighted by molar-refractivity contribution is 7.89. The minimum absolute atomic E-state index is 0. The maximum absolute atomic E-state index is 12.9. The van der Waals surface area contributed by atoms with Crippen molar-refractivity contribution in [3.05, 3.63) is 64.7 Å². The predicted octanol–water partition coefficient (Wildman–Crippen LogP) is 3.93. The van der Waals surface area contributed by atoms with Gasteiger partial charge >= 0.3 is 6.18 Å². The first kappa shape index (κ1) is 22.7. The van der Waals surface area contributed by atoms with E-state index in [0.29, 0.717) is 11.6 Å². The molecule has 26 heavy (non-hydrogen) atoms.